The molecule has 9 heteroatoms. The molecule has 8 nitrogen and oxygen atoms in total. The molecule has 0 aromatic carbocycles. The maximum atomic E-state index is 11.9. The largest absolute Gasteiger partial charge is 0.469 e. The molecule has 0 spiro atoms. The van der Waals surface area contributed by atoms with Crippen LogP contribution < -0.4 is 5.32 Å². The molecule has 0 radical (unpaired) electrons. The van der Waals surface area contributed by atoms with Crippen LogP contribution in [-0.2, 0) is 16.1 Å². The Morgan fingerprint density at radius 3 is 2.61 bits per heavy atom. The van der Waals surface area contributed by atoms with E-state index < -0.39 is 0 Å². The summed E-state index contributed by atoms with van der Waals surface area (Å²) in [6.07, 6.45) is 2.71. The van der Waals surface area contributed by atoms with Gasteiger partial charge in [-0.3, -0.25) is 9.69 Å². The normalized spacial score (nSPS) is 15.1. The van der Waals surface area contributed by atoms with Gasteiger partial charge in [0, 0.05) is 52.9 Å². The van der Waals surface area contributed by atoms with E-state index in [0.29, 0.717) is 6.54 Å². The fraction of sp³-hybridized carbons (Fsp3) is 0.684. The molecule has 2 rings (SSSR count). The zero-order valence-corrected chi connectivity index (χ0v) is 19.8. The van der Waals surface area contributed by atoms with Crippen molar-refractivity contribution in [1.29, 1.82) is 0 Å². The minimum Gasteiger partial charge on any atom is -0.469 e. The van der Waals surface area contributed by atoms with Gasteiger partial charge in [-0.15, -0.1) is 24.0 Å². The number of rotatable bonds is 8. The number of likely N-dealkylation sites (N-methyl/N-ethyl adjacent to an activating group) is 1. The highest BCUT2D eigenvalue weighted by Gasteiger charge is 2.13. The number of carbonyl (C=O) groups excluding carboxylic acids is 1. The van der Waals surface area contributed by atoms with Gasteiger partial charge < -0.3 is 24.3 Å². The molecule has 1 amide bonds. The van der Waals surface area contributed by atoms with Crippen molar-refractivity contribution in [1.82, 2.24) is 20.0 Å². The summed E-state index contributed by atoms with van der Waals surface area (Å²) < 4.78 is 10.8. The number of aliphatic imine (C=N–C) groups is 1. The van der Waals surface area contributed by atoms with Gasteiger partial charge in [-0.1, -0.05) is 0 Å². The summed E-state index contributed by atoms with van der Waals surface area (Å²) in [6.45, 7) is 8.23. The first-order valence-electron chi connectivity index (χ1n) is 9.50. The van der Waals surface area contributed by atoms with Crippen molar-refractivity contribution in [3.63, 3.8) is 0 Å². The number of hydrogen-bond donors (Lipinski definition) is 1. The Bertz CT molecular complexity index is 614. The van der Waals surface area contributed by atoms with Crippen LogP contribution in [0.25, 0.3) is 0 Å². The highest BCUT2D eigenvalue weighted by atomic mass is 127. The van der Waals surface area contributed by atoms with Crippen LogP contribution in [0.4, 0.5) is 0 Å². The quantitative estimate of drug-likeness (QED) is 0.248. The van der Waals surface area contributed by atoms with Gasteiger partial charge in [0.1, 0.15) is 12.3 Å². The number of morpholine rings is 1. The molecular formula is C19H34IN5O3. The van der Waals surface area contributed by atoms with Crippen LogP contribution >= 0.6 is 24.0 Å². The first-order chi connectivity index (χ1) is 13.0. The average Bonchev–Trinajstić information content (AvgIpc) is 3.06. The lowest BCUT2D eigenvalue weighted by Gasteiger charge is -2.27. The van der Waals surface area contributed by atoms with Crippen molar-refractivity contribution in [3.05, 3.63) is 23.7 Å². The number of hydrogen-bond acceptors (Lipinski definition) is 5. The molecule has 2 heterocycles. The van der Waals surface area contributed by atoms with Crippen LogP contribution in [0.3, 0.4) is 0 Å². The highest BCUT2D eigenvalue weighted by Crippen LogP contribution is 2.11. The Labute approximate surface area is 185 Å². The van der Waals surface area contributed by atoms with Gasteiger partial charge in [0.15, 0.2) is 5.96 Å². The summed E-state index contributed by atoms with van der Waals surface area (Å²) in [5, 5.41) is 3.40. The lowest BCUT2D eigenvalue weighted by Crippen LogP contribution is -2.42. The van der Waals surface area contributed by atoms with Gasteiger partial charge in [0.25, 0.3) is 0 Å². The van der Waals surface area contributed by atoms with Gasteiger partial charge in [-0.05, 0) is 26.0 Å². The van der Waals surface area contributed by atoms with Crippen molar-refractivity contribution in [2.24, 2.45) is 4.99 Å². The number of ether oxygens (including phenoxy) is 1. The molecular weight excluding hydrogens is 473 g/mol. The summed E-state index contributed by atoms with van der Waals surface area (Å²) in [5.74, 6) is 1.61. The van der Waals surface area contributed by atoms with Crippen LogP contribution in [0, 0.1) is 6.92 Å². The van der Waals surface area contributed by atoms with E-state index in [-0.39, 0.29) is 36.4 Å². The molecule has 1 aromatic rings. The second-order valence-electron chi connectivity index (χ2n) is 7.02. The monoisotopic (exact) mass is 507 g/mol. The zero-order valence-electron chi connectivity index (χ0n) is 17.4. The minimum atomic E-state index is -0.0180. The lowest BCUT2D eigenvalue weighted by atomic mass is 10.2. The fourth-order valence-electron chi connectivity index (χ4n) is 2.83. The predicted octanol–water partition coefficient (Wildman–Crippen LogP) is 1.39. The van der Waals surface area contributed by atoms with E-state index in [0.717, 1.165) is 63.1 Å². The van der Waals surface area contributed by atoms with Crippen molar-refractivity contribution in [2.75, 3.05) is 67.1 Å². The Hall–Kier alpha value is -1.33. The number of furan rings is 1. The summed E-state index contributed by atoms with van der Waals surface area (Å²) in [5.41, 5.74) is 1.11. The zero-order chi connectivity index (χ0) is 19.6. The molecule has 1 aliphatic rings. The summed E-state index contributed by atoms with van der Waals surface area (Å²) in [6, 6.07) is 1.97. The molecule has 0 unspecified atom stereocenters. The number of carbonyl (C=O) groups is 1. The molecule has 0 aliphatic carbocycles. The minimum absolute atomic E-state index is 0. The molecule has 1 aromatic heterocycles. The van der Waals surface area contributed by atoms with Gasteiger partial charge in [0.2, 0.25) is 5.91 Å². The number of aryl methyl sites for hydroxylation is 1. The predicted molar refractivity (Wildman–Crippen MR) is 121 cm³/mol. The Balaban J connectivity index is 0.00000392. The molecule has 1 aliphatic heterocycles. The first kappa shape index (κ1) is 24.7. The van der Waals surface area contributed by atoms with Crippen molar-refractivity contribution in [3.8, 4) is 0 Å². The van der Waals surface area contributed by atoms with Crippen LogP contribution in [-0.4, -0.2) is 93.6 Å². The number of halogens is 1. The number of nitrogens with one attached hydrogen (secondary N) is 1. The van der Waals surface area contributed by atoms with Crippen LogP contribution in [0.5, 0.6) is 0 Å². The van der Waals surface area contributed by atoms with Crippen molar-refractivity contribution in [2.45, 2.75) is 19.9 Å². The third-order valence-corrected chi connectivity index (χ3v) is 4.64. The topological polar surface area (TPSA) is 73.6 Å². The molecule has 1 saturated heterocycles. The van der Waals surface area contributed by atoms with Crippen LogP contribution in [0.1, 0.15) is 17.7 Å². The van der Waals surface area contributed by atoms with E-state index in [1.807, 2.05) is 24.9 Å². The van der Waals surface area contributed by atoms with Crippen LogP contribution in [0.2, 0.25) is 0 Å². The average molecular weight is 507 g/mol. The van der Waals surface area contributed by atoms with Crippen LogP contribution in [0.15, 0.2) is 21.7 Å². The molecule has 1 fully saturated rings. The molecule has 1 N–H and O–H groups in total. The Kier molecular flexibility index (Phi) is 11.5. The number of amides is 1. The maximum absolute atomic E-state index is 11.9. The number of nitrogens with zero attached hydrogens (tertiary/aromatic N) is 4. The molecule has 0 bridgehead atoms. The van der Waals surface area contributed by atoms with E-state index in [1.54, 1.807) is 25.3 Å². The second kappa shape index (κ2) is 13.0. The van der Waals surface area contributed by atoms with Crippen molar-refractivity contribution < 1.29 is 13.9 Å². The Morgan fingerprint density at radius 2 is 2.00 bits per heavy atom. The van der Waals surface area contributed by atoms with Gasteiger partial charge >= 0.3 is 0 Å². The van der Waals surface area contributed by atoms with Gasteiger partial charge in [-0.25, -0.2) is 4.99 Å². The van der Waals surface area contributed by atoms with Gasteiger partial charge in [-0.2, -0.15) is 0 Å². The molecule has 0 saturated carbocycles. The third kappa shape index (κ3) is 8.36. The SMILES string of the molecule is Cc1occc1CN(C)C(=NCC(=O)N(C)C)NCCCN1CCOCC1.I. The standard InChI is InChI=1S/C19H33N5O3.HI/c1-16-17(6-11-27-16)15-23(4)19(21-14-18(25)22(2)3)20-7-5-8-24-9-12-26-13-10-24;/h6,11H,5,7-10,12-15H2,1-4H3,(H,20,21);1H. The number of guanidine groups is 1. The summed E-state index contributed by atoms with van der Waals surface area (Å²) in [7, 11) is 5.46. The first-order valence-corrected chi connectivity index (χ1v) is 9.50. The molecule has 28 heavy (non-hydrogen) atoms. The van der Waals surface area contributed by atoms with E-state index in [2.05, 4.69) is 15.2 Å². The third-order valence-electron chi connectivity index (χ3n) is 4.64. The van der Waals surface area contributed by atoms with E-state index in [9.17, 15) is 4.79 Å². The van der Waals surface area contributed by atoms with Gasteiger partial charge in [0.05, 0.1) is 19.5 Å². The van der Waals surface area contributed by atoms with E-state index >= 15 is 0 Å². The molecule has 160 valence electrons. The van der Waals surface area contributed by atoms with E-state index in [1.165, 1.54) is 0 Å². The summed E-state index contributed by atoms with van der Waals surface area (Å²) in [4.78, 5) is 22.4. The summed E-state index contributed by atoms with van der Waals surface area (Å²) >= 11 is 0. The highest BCUT2D eigenvalue weighted by molar-refractivity contribution is 14.0. The van der Waals surface area contributed by atoms with Crippen molar-refractivity contribution >= 4 is 35.8 Å². The fourth-order valence-corrected chi connectivity index (χ4v) is 2.83. The van der Waals surface area contributed by atoms with E-state index in [4.69, 9.17) is 9.15 Å². The Morgan fingerprint density at radius 1 is 1.29 bits per heavy atom. The second-order valence-corrected chi connectivity index (χ2v) is 7.02. The molecule has 0 atom stereocenters. The lowest BCUT2D eigenvalue weighted by molar-refractivity contribution is -0.127. The smallest absolute Gasteiger partial charge is 0.243 e. The maximum Gasteiger partial charge on any atom is 0.243 e.